The highest BCUT2D eigenvalue weighted by molar-refractivity contribution is 6.37. The molecule has 0 saturated carbocycles. The average molecular weight is 570 g/mol. The molecule has 0 saturated heterocycles. The summed E-state index contributed by atoms with van der Waals surface area (Å²) in [6, 6.07) is 12.6. The maximum atomic E-state index is 13.6. The van der Waals surface area contributed by atoms with Crippen LogP contribution in [0.4, 0.5) is 8.78 Å². The van der Waals surface area contributed by atoms with Gasteiger partial charge in [-0.3, -0.25) is 14.6 Å². The molecule has 2 heterocycles. The Kier molecular flexibility index (Phi) is 6.91. The van der Waals surface area contributed by atoms with Crippen molar-refractivity contribution in [3.8, 4) is 23.3 Å². The SMILES string of the molecule is N#Cc1nn(-c2cc(Cl)c(Oc3ccc4c(c3)CCN(Cc3ccc(F)c(F)c3)C4=O)c(Cl)c2)c(=O)[nH]c1=O. The van der Waals surface area contributed by atoms with Crippen molar-refractivity contribution in [1.82, 2.24) is 19.7 Å². The van der Waals surface area contributed by atoms with E-state index in [1.54, 1.807) is 29.2 Å². The number of carbonyl (C=O) groups excluding carboxylic acids is 1. The Morgan fingerprint density at radius 3 is 2.46 bits per heavy atom. The smallest absolute Gasteiger partial charge is 0.349 e. The third-order valence-electron chi connectivity index (χ3n) is 5.98. The van der Waals surface area contributed by atoms with Crippen molar-refractivity contribution in [3.05, 3.63) is 113 Å². The van der Waals surface area contributed by atoms with E-state index in [1.807, 2.05) is 4.98 Å². The summed E-state index contributed by atoms with van der Waals surface area (Å²) < 4.78 is 33.5. The third kappa shape index (κ3) is 5.12. The molecule has 1 aromatic heterocycles. The molecule has 0 fully saturated rings. The van der Waals surface area contributed by atoms with E-state index in [4.69, 9.17) is 33.2 Å². The lowest BCUT2D eigenvalue weighted by molar-refractivity contribution is 0.0726. The summed E-state index contributed by atoms with van der Waals surface area (Å²) in [6.07, 6.45) is 0.490. The molecule has 1 aliphatic heterocycles. The molecule has 9 nitrogen and oxygen atoms in total. The number of nitrogens with one attached hydrogen (secondary N) is 1. The van der Waals surface area contributed by atoms with Gasteiger partial charge in [0.2, 0.25) is 5.69 Å². The fraction of sp³-hybridized carbons (Fsp3) is 0.115. The second-order valence-corrected chi connectivity index (χ2v) is 9.33. The number of carbonyl (C=O) groups is 1. The number of H-pyrrole nitrogens is 1. The highest BCUT2D eigenvalue weighted by Gasteiger charge is 2.25. The molecule has 1 N–H and O–H groups in total. The number of ether oxygens (including phenoxy) is 1. The topological polar surface area (TPSA) is 121 Å². The van der Waals surface area contributed by atoms with Gasteiger partial charge in [-0.05, 0) is 60.0 Å². The minimum absolute atomic E-state index is 0.0161. The number of benzene rings is 3. The van der Waals surface area contributed by atoms with Gasteiger partial charge >= 0.3 is 5.69 Å². The maximum Gasteiger partial charge on any atom is 0.349 e. The number of halogens is 4. The Bertz CT molecular complexity index is 1790. The second kappa shape index (κ2) is 10.3. The van der Waals surface area contributed by atoms with Crippen molar-refractivity contribution >= 4 is 29.1 Å². The van der Waals surface area contributed by atoms with Gasteiger partial charge in [-0.2, -0.15) is 9.94 Å². The van der Waals surface area contributed by atoms with Gasteiger partial charge in [0.25, 0.3) is 11.5 Å². The van der Waals surface area contributed by atoms with Crippen molar-refractivity contribution in [2.75, 3.05) is 6.54 Å². The van der Waals surface area contributed by atoms with E-state index in [-0.39, 0.29) is 33.9 Å². The van der Waals surface area contributed by atoms with Gasteiger partial charge in [0.15, 0.2) is 17.4 Å². The Morgan fingerprint density at radius 2 is 1.77 bits per heavy atom. The first-order chi connectivity index (χ1) is 18.6. The monoisotopic (exact) mass is 569 g/mol. The Labute approximate surface area is 228 Å². The van der Waals surface area contributed by atoms with Crippen LogP contribution in [0.2, 0.25) is 10.0 Å². The first-order valence-corrected chi connectivity index (χ1v) is 12.1. The van der Waals surface area contributed by atoms with Crippen LogP contribution in [-0.4, -0.2) is 32.1 Å². The second-order valence-electron chi connectivity index (χ2n) is 8.52. The first-order valence-electron chi connectivity index (χ1n) is 11.3. The lowest BCUT2D eigenvalue weighted by Crippen LogP contribution is -2.37. The summed E-state index contributed by atoms with van der Waals surface area (Å²) in [5.41, 5.74) is -0.605. The van der Waals surface area contributed by atoms with Crippen molar-refractivity contribution < 1.29 is 18.3 Å². The van der Waals surface area contributed by atoms with Crippen molar-refractivity contribution in [2.24, 2.45) is 0 Å². The van der Waals surface area contributed by atoms with Crippen LogP contribution in [0.5, 0.6) is 11.5 Å². The molecule has 4 aromatic rings. The van der Waals surface area contributed by atoms with Gasteiger partial charge in [-0.25, -0.2) is 13.6 Å². The van der Waals surface area contributed by atoms with E-state index < -0.39 is 28.6 Å². The fourth-order valence-electron chi connectivity index (χ4n) is 4.12. The molecule has 13 heteroatoms. The molecule has 0 atom stereocenters. The number of hydrogen-bond acceptors (Lipinski definition) is 6. The molecule has 0 aliphatic carbocycles. The Balaban J connectivity index is 1.37. The van der Waals surface area contributed by atoms with Gasteiger partial charge in [0.05, 0.1) is 15.7 Å². The summed E-state index contributed by atoms with van der Waals surface area (Å²) in [7, 11) is 0. The van der Waals surface area contributed by atoms with E-state index >= 15 is 0 Å². The summed E-state index contributed by atoms with van der Waals surface area (Å²) in [4.78, 5) is 40.4. The van der Waals surface area contributed by atoms with Crippen molar-refractivity contribution in [3.63, 3.8) is 0 Å². The van der Waals surface area contributed by atoms with Crippen molar-refractivity contribution in [1.29, 1.82) is 5.26 Å². The van der Waals surface area contributed by atoms with Crippen LogP contribution < -0.4 is 16.0 Å². The summed E-state index contributed by atoms with van der Waals surface area (Å²) in [5, 5.41) is 12.8. The van der Waals surface area contributed by atoms with Gasteiger partial charge in [-0.1, -0.05) is 29.3 Å². The predicted molar refractivity (Wildman–Crippen MR) is 137 cm³/mol. The Morgan fingerprint density at radius 1 is 1.03 bits per heavy atom. The minimum atomic E-state index is -0.974. The molecule has 0 radical (unpaired) electrons. The highest BCUT2D eigenvalue weighted by atomic mass is 35.5. The van der Waals surface area contributed by atoms with Gasteiger partial charge in [0.1, 0.15) is 11.8 Å². The number of amides is 1. The summed E-state index contributed by atoms with van der Waals surface area (Å²) in [6.45, 7) is 0.491. The predicted octanol–water partition coefficient (Wildman–Crippen LogP) is 4.37. The van der Waals surface area contributed by atoms with E-state index in [2.05, 4.69) is 5.10 Å². The molecule has 39 heavy (non-hydrogen) atoms. The Hall–Kier alpha value is -4.53. The van der Waals surface area contributed by atoms with Crippen LogP contribution in [0.15, 0.2) is 58.1 Å². The third-order valence-corrected chi connectivity index (χ3v) is 6.55. The minimum Gasteiger partial charge on any atom is -0.454 e. The molecule has 0 spiro atoms. The zero-order valence-corrected chi connectivity index (χ0v) is 21.2. The normalized spacial score (nSPS) is 12.7. The van der Waals surface area contributed by atoms with Gasteiger partial charge in [-0.15, -0.1) is 5.10 Å². The molecule has 1 amide bonds. The van der Waals surface area contributed by atoms with E-state index in [9.17, 15) is 23.2 Å². The summed E-state index contributed by atoms with van der Waals surface area (Å²) >= 11 is 12.7. The molecule has 5 rings (SSSR count). The van der Waals surface area contributed by atoms with Crippen LogP contribution in [0.25, 0.3) is 5.69 Å². The number of fused-ring (bicyclic) bond motifs is 1. The average Bonchev–Trinajstić information content (AvgIpc) is 2.90. The van der Waals surface area contributed by atoms with Crippen LogP contribution in [-0.2, 0) is 13.0 Å². The number of nitrogens with zero attached hydrogens (tertiary/aromatic N) is 4. The molecular formula is C26H15Cl2F2N5O4. The molecule has 0 bridgehead atoms. The van der Waals surface area contributed by atoms with Crippen LogP contribution in [0.1, 0.15) is 27.2 Å². The zero-order chi connectivity index (χ0) is 27.8. The molecule has 196 valence electrons. The van der Waals surface area contributed by atoms with E-state index in [1.165, 1.54) is 18.2 Å². The fourth-order valence-corrected chi connectivity index (χ4v) is 4.67. The summed E-state index contributed by atoms with van der Waals surface area (Å²) in [5.74, 6) is -1.77. The first kappa shape index (κ1) is 26.1. The van der Waals surface area contributed by atoms with Gasteiger partial charge < -0.3 is 9.64 Å². The quantitative estimate of drug-likeness (QED) is 0.381. The number of aromatic amines is 1. The zero-order valence-electron chi connectivity index (χ0n) is 19.7. The highest BCUT2D eigenvalue weighted by Crippen LogP contribution is 2.39. The number of rotatable bonds is 5. The lowest BCUT2D eigenvalue weighted by Gasteiger charge is -2.29. The van der Waals surface area contributed by atoms with Gasteiger partial charge in [0, 0.05) is 18.7 Å². The maximum absolute atomic E-state index is 13.6. The lowest BCUT2D eigenvalue weighted by atomic mass is 9.98. The number of hydrogen-bond donors (Lipinski definition) is 1. The molecular weight excluding hydrogens is 555 g/mol. The molecule has 1 aliphatic rings. The number of nitriles is 1. The van der Waals surface area contributed by atoms with Crippen LogP contribution >= 0.6 is 23.2 Å². The van der Waals surface area contributed by atoms with Crippen LogP contribution in [0.3, 0.4) is 0 Å². The largest absolute Gasteiger partial charge is 0.454 e. The van der Waals surface area contributed by atoms with E-state index in [0.29, 0.717) is 29.8 Å². The molecule has 3 aromatic carbocycles. The van der Waals surface area contributed by atoms with E-state index in [0.717, 1.165) is 22.4 Å². The van der Waals surface area contributed by atoms with Crippen molar-refractivity contribution in [2.45, 2.75) is 13.0 Å². The molecule has 0 unspecified atom stereocenters. The standard InChI is InChI=1S/C26H15Cl2F2N5O4/c27-18-9-15(35-26(38)32-24(36)22(11-31)33-35)10-19(28)23(18)39-16-2-3-17-14(8-16)5-6-34(25(17)37)12-13-1-4-20(29)21(30)7-13/h1-4,7-10H,5-6,12H2,(H,32,36,38). The number of aromatic nitrogens is 3. The van der Waals surface area contributed by atoms with Crippen LogP contribution in [0, 0.1) is 23.0 Å².